The van der Waals surface area contributed by atoms with Gasteiger partial charge >= 0.3 is 0 Å². The first-order chi connectivity index (χ1) is 22.3. The molecule has 240 valence electrons. The maximum atomic E-state index is 14.9. The molecule has 0 saturated carbocycles. The normalized spacial score (nSPS) is 30.3. The summed E-state index contributed by atoms with van der Waals surface area (Å²) in [6.07, 6.45) is 8.71. The van der Waals surface area contributed by atoms with Gasteiger partial charge in [-0.25, -0.2) is 4.68 Å². The fourth-order valence-electron chi connectivity index (χ4n) is 8.07. The zero-order valence-electron chi connectivity index (χ0n) is 26.4. The first kappa shape index (κ1) is 30.3. The number of carbonyl (C=O) groups excluding carboxylic acids is 3. The monoisotopic (exact) mass is 624 g/mol. The van der Waals surface area contributed by atoms with Crippen molar-refractivity contribution in [3.63, 3.8) is 0 Å². The molecule has 2 fully saturated rings. The maximum absolute atomic E-state index is 14.9. The van der Waals surface area contributed by atoms with Gasteiger partial charge < -0.3 is 24.5 Å². The van der Waals surface area contributed by atoms with Crippen molar-refractivity contribution in [3.05, 3.63) is 78.9 Å². The SMILES string of the molecule is CC[C@H](C)[C@H](CO)N1C(=O)[C@@H]2[C@H]3C(=O)N(c4ccccc4)CC=C[C@@]3(CC)O[C@@]23C=CCN(Cn2nnc4ccccc42)C(=O)C13. The topological polar surface area (TPSA) is 121 Å². The van der Waals surface area contributed by atoms with Crippen molar-refractivity contribution in [1.82, 2.24) is 24.8 Å². The second-order valence-corrected chi connectivity index (χ2v) is 12.9. The number of anilines is 1. The van der Waals surface area contributed by atoms with Crippen molar-refractivity contribution in [2.45, 2.75) is 63.6 Å². The average molecular weight is 625 g/mol. The van der Waals surface area contributed by atoms with Gasteiger partial charge in [0.05, 0.1) is 35.6 Å². The lowest BCUT2D eigenvalue weighted by atomic mass is 9.73. The molecular weight excluding hydrogens is 584 g/mol. The third-order valence-corrected chi connectivity index (χ3v) is 10.6. The van der Waals surface area contributed by atoms with Gasteiger partial charge in [-0.3, -0.25) is 14.4 Å². The fourth-order valence-corrected chi connectivity index (χ4v) is 8.07. The molecule has 4 aliphatic rings. The molecule has 11 heteroatoms. The van der Waals surface area contributed by atoms with Gasteiger partial charge in [0.15, 0.2) is 0 Å². The van der Waals surface area contributed by atoms with Crippen LogP contribution in [0.4, 0.5) is 5.69 Å². The molecule has 1 unspecified atom stereocenters. The van der Waals surface area contributed by atoms with Crippen LogP contribution in [0.25, 0.3) is 11.0 Å². The number of hydrogen-bond donors (Lipinski definition) is 1. The summed E-state index contributed by atoms with van der Waals surface area (Å²) in [5.74, 6) is -2.83. The average Bonchev–Trinajstić information content (AvgIpc) is 3.62. The largest absolute Gasteiger partial charge is 0.394 e. The summed E-state index contributed by atoms with van der Waals surface area (Å²) in [6, 6.07) is 15.2. The number of nitrogens with zero attached hydrogens (tertiary/aromatic N) is 6. The molecule has 11 nitrogen and oxygen atoms in total. The molecule has 46 heavy (non-hydrogen) atoms. The second kappa shape index (κ2) is 11.5. The number of rotatable bonds is 8. The van der Waals surface area contributed by atoms with E-state index in [1.54, 1.807) is 19.4 Å². The maximum Gasteiger partial charge on any atom is 0.250 e. The number of para-hydroxylation sites is 2. The first-order valence-electron chi connectivity index (χ1n) is 16.2. The highest BCUT2D eigenvalue weighted by Gasteiger charge is 2.76. The first-order valence-corrected chi connectivity index (χ1v) is 16.2. The van der Waals surface area contributed by atoms with Crippen molar-refractivity contribution in [2.24, 2.45) is 17.8 Å². The molecule has 1 spiro atoms. The molecule has 0 bridgehead atoms. The van der Waals surface area contributed by atoms with Crippen molar-refractivity contribution in [1.29, 1.82) is 0 Å². The minimum atomic E-state index is -1.42. The van der Waals surface area contributed by atoms with E-state index in [4.69, 9.17) is 4.74 Å². The van der Waals surface area contributed by atoms with Gasteiger partial charge in [-0.05, 0) is 36.6 Å². The minimum absolute atomic E-state index is 0.110. The smallest absolute Gasteiger partial charge is 0.250 e. The van der Waals surface area contributed by atoms with Crippen LogP contribution in [-0.2, 0) is 25.8 Å². The number of fused-ring (bicyclic) bond motifs is 3. The predicted octanol–water partition coefficient (Wildman–Crippen LogP) is 3.16. The summed E-state index contributed by atoms with van der Waals surface area (Å²) in [7, 11) is 0. The molecule has 0 radical (unpaired) electrons. The lowest BCUT2D eigenvalue weighted by molar-refractivity contribution is -0.157. The lowest BCUT2D eigenvalue weighted by Gasteiger charge is -2.42. The molecule has 3 amide bonds. The molecule has 1 N–H and O–H groups in total. The van der Waals surface area contributed by atoms with Crippen LogP contribution in [-0.4, -0.2) is 90.6 Å². The van der Waals surface area contributed by atoms with E-state index in [-0.39, 0.29) is 43.5 Å². The Bertz CT molecular complexity index is 1720. The lowest BCUT2D eigenvalue weighted by Crippen LogP contribution is -2.60. The summed E-state index contributed by atoms with van der Waals surface area (Å²) in [4.78, 5) is 49.5. The van der Waals surface area contributed by atoms with E-state index in [0.29, 0.717) is 24.9 Å². The highest BCUT2D eigenvalue weighted by molar-refractivity contribution is 6.04. The predicted molar refractivity (Wildman–Crippen MR) is 171 cm³/mol. The number of aromatic nitrogens is 3. The van der Waals surface area contributed by atoms with Crippen LogP contribution in [0.15, 0.2) is 78.9 Å². The van der Waals surface area contributed by atoms with Crippen LogP contribution in [0.2, 0.25) is 0 Å². The summed E-state index contributed by atoms with van der Waals surface area (Å²) in [5, 5.41) is 19.3. The molecule has 7 rings (SSSR count). The highest BCUT2D eigenvalue weighted by atomic mass is 16.5. The van der Waals surface area contributed by atoms with Gasteiger partial charge in [-0.1, -0.05) is 87.0 Å². The van der Waals surface area contributed by atoms with E-state index in [0.717, 1.165) is 11.2 Å². The number of aliphatic hydroxyl groups excluding tert-OH is 1. The van der Waals surface area contributed by atoms with Crippen molar-refractivity contribution in [3.8, 4) is 0 Å². The van der Waals surface area contributed by atoms with E-state index >= 15 is 0 Å². The van der Waals surface area contributed by atoms with E-state index in [1.165, 1.54) is 0 Å². The molecule has 2 saturated heterocycles. The van der Waals surface area contributed by atoms with Crippen LogP contribution in [0.5, 0.6) is 0 Å². The summed E-state index contributed by atoms with van der Waals surface area (Å²) in [6.45, 7) is 6.30. The fraction of sp³-hybridized carbons (Fsp3) is 0.457. The molecule has 1 aromatic heterocycles. The van der Waals surface area contributed by atoms with Gasteiger partial charge in [-0.15, -0.1) is 5.10 Å². The Balaban J connectivity index is 1.36. The standard InChI is InChI=1S/C35H40N6O5/c1-4-23(3)27(21-42)41-30-33(45)38(22-40-26-16-10-9-15-25(26)36-37-40)19-12-18-35(30)29(32(41)44)28-31(43)39(24-13-7-6-8-14-24)20-11-17-34(28,5-2)46-35/h6-18,23,27-30,42H,4-5,19-22H2,1-3H3/t23-,27-,28-,29-,30?,34+,35-/m0/s1. The van der Waals surface area contributed by atoms with Gasteiger partial charge in [0.1, 0.15) is 23.8 Å². The number of aliphatic hydroxyl groups is 1. The number of carbonyl (C=O) groups is 3. The quantitative estimate of drug-likeness (QED) is 0.383. The van der Waals surface area contributed by atoms with Crippen molar-refractivity contribution < 1.29 is 24.2 Å². The zero-order valence-corrected chi connectivity index (χ0v) is 26.4. The van der Waals surface area contributed by atoms with Gasteiger partial charge in [0.25, 0.3) is 5.91 Å². The third kappa shape index (κ3) is 4.35. The van der Waals surface area contributed by atoms with E-state index < -0.39 is 35.1 Å². The van der Waals surface area contributed by atoms with Crippen LogP contribution in [0.1, 0.15) is 33.6 Å². The van der Waals surface area contributed by atoms with Crippen LogP contribution in [0, 0.1) is 17.8 Å². The summed E-state index contributed by atoms with van der Waals surface area (Å²) < 4.78 is 8.79. The Hall–Kier alpha value is -4.35. The molecular formula is C35H40N6O5. The van der Waals surface area contributed by atoms with Gasteiger partial charge in [0, 0.05) is 18.8 Å². The Labute approximate surface area is 268 Å². The Morgan fingerprint density at radius 2 is 1.67 bits per heavy atom. The summed E-state index contributed by atoms with van der Waals surface area (Å²) in [5.41, 5.74) is -0.295. The number of hydrogen-bond acceptors (Lipinski definition) is 7. The molecule has 0 aliphatic carbocycles. The van der Waals surface area contributed by atoms with E-state index in [9.17, 15) is 19.5 Å². The minimum Gasteiger partial charge on any atom is -0.394 e. The van der Waals surface area contributed by atoms with Crippen LogP contribution in [0.3, 0.4) is 0 Å². The van der Waals surface area contributed by atoms with Crippen molar-refractivity contribution in [2.75, 3.05) is 24.6 Å². The van der Waals surface area contributed by atoms with E-state index in [2.05, 4.69) is 10.3 Å². The molecule has 2 aromatic carbocycles. The number of ether oxygens (including phenoxy) is 1. The van der Waals surface area contributed by atoms with Crippen LogP contribution >= 0.6 is 0 Å². The van der Waals surface area contributed by atoms with E-state index in [1.807, 2.05) is 99.7 Å². The second-order valence-electron chi connectivity index (χ2n) is 12.9. The van der Waals surface area contributed by atoms with Gasteiger partial charge in [0.2, 0.25) is 11.8 Å². The van der Waals surface area contributed by atoms with Gasteiger partial charge in [-0.2, -0.15) is 0 Å². The Kier molecular flexibility index (Phi) is 7.56. The van der Waals surface area contributed by atoms with Crippen molar-refractivity contribution >= 4 is 34.4 Å². The molecule has 7 atom stereocenters. The Morgan fingerprint density at radius 1 is 0.935 bits per heavy atom. The third-order valence-electron chi connectivity index (χ3n) is 10.6. The zero-order chi connectivity index (χ0) is 32.2. The molecule has 4 aliphatic heterocycles. The Morgan fingerprint density at radius 3 is 2.41 bits per heavy atom. The number of likely N-dealkylation sites (tertiary alicyclic amines) is 1. The molecule has 5 heterocycles. The number of amides is 3. The number of benzene rings is 2. The van der Waals surface area contributed by atoms with Crippen LogP contribution < -0.4 is 4.90 Å². The summed E-state index contributed by atoms with van der Waals surface area (Å²) >= 11 is 0. The highest BCUT2D eigenvalue weighted by Crippen LogP contribution is 2.59. The molecule has 3 aromatic rings.